The summed E-state index contributed by atoms with van der Waals surface area (Å²) in [5.41, 5.74) is 0. The first kappa shape index (κ1) is 5.73. The molecule has 0 N–H and O–H groups in total. The number of hydrogen-bond donors (Lipinski definition) is 0. The molecule has 0 aromatic carbocycles. The Morgan fingerprint density at radius 2 is 2.33 bits per heavy atom. The van der Waals surface area contributed by atoms with Gasteiger partial charge in [-0.15, -0.1) is 0 Å². The van der Waals surface area contributed by atoms with E-state index in [-0.39, 0.29) is 17.1 Å². The molecule has 0 unspecified atom stereocenters. The van der Waals surface area contributed by atoms with E-state index in [0.29, 0.717) is 0 Å². The Kier molecular flexibility index (Phi) is 2.81. The maximum absolute atomic E-state index is 3.47. The number of nitrogens with zero attached hydrogens (tertiary/aromatic N) is 2. The fourth-order valence-corrected chi connectivity index (χ4v) is 0.192. The molecule has 0 aliphatic carbocycles. The van der Waals surface area contributed by atoms with Crippen molar-refractivity contribution in [1.82, 2.24) is 10.2 Å². The van der Waals surface area contributed by atoms with Crippen LogP contribution in [0.15, 0.2) is 18.5 Å². The van der Waals surface area contributed by atoms with Gasteiger partial charge in [0.2, 0.25) is 0 Å². The first-order chi connectivity index (χ1) is 2.50. The van der Waals surface area contributed by atoms with E-state index >= 15 is 0 Å². The fourth-order valence-electron chi connectivity index (χ4n) is 0.192. The molecule has 1 heterocycles. The Morgan fingerprint density at radius 3 is 2.50 bits per heavy atom. The minimum absolute atomic E-state index is 0. The van der Waals surface area contributed by atoms with Crippen molar-refractivity contribution in [2.24, 2.45) is 0 Å². The Bertz CT molecular complexity index is 65.3. The van der Waals surface area contributed by atoms with Crippen molar-refractivity contribution < 1.29 is 17.1 Å². The van der Waals surface area contributed by atoms with Gasteiger partial charge in [0, 0.05) is 23.3 Å². The van der Waals surface area contributed by atoms with Crippen LogP contribution in [0.3, 0.4) is 0 Å². The minimum Gasteiger partial charge on any atom is -0.582 e. The van der Waals surface area contributed by atoms with Gasteiger partial charge >= 0.3 is 0 Å². The number of rotatable bonds is 0. The van der Waals surface area contributed by atoms with Gasteiger partial charge in [0.15, 0.2) is 0 Å². The summed E-state index contributed by atoms with van der Waals surface area (Å²) in [6.45, 7) is 0. The van der Waals surface area contributed by atoms with Gasteiger partial charge in [-0.1, -0.05) is 6.07 Å². The maximum atomic E-state index is 3.47. The Labute approximate surface area is 46.4 Å². The molecular weight excluding hydrogens is 120 g/mol. The van der Waals surface area contributed by atoms with E-state index < -0.39 is 0 Å². The molecule has 1 aromatic rings. The van der Waals surface area contributed by atoms with E-state index in [1.807, 2.05) is 0 Å². The summed E-state index contributed by atoms with van der Waals surface area (Å²) in [7, 11) is 0. The standard InChI is InChI=1S/C3H3N2.Fe/c1-2-4-5-3-1;/h1-3H;/q-1;. The van der Waals surface area contributed by atoms with Gasteiger partial charge in [0.25, 0.3) is 0 Å². The molecule has 0 amide bonds. The van der Waals surface area contributed by atoms with Crippen LogP contribution in [0.4, 0.5) is 0 Å². The van der Waals surface area contributed by atoms with E-state index in [4.69, 9.17) is 0 Å². The zero-order valence-electron chi connectivity index (χ0n) is 2.98. The second-order valence-corrected chi connectivity index (χ2v) is 0.722. The van der Waals surface area contributed by atoms with Crippen molar-refractivity contribution in [1.29, 1.82) is 0 Å². The zero-order chi connectivity index (χ0) is 3.54. The van der Waals surface area contributed by atoms with Crippen molar-refractivity contribution in [2.45, 2.75) is 0 Å². The number of hydrogen-bond acceptors (Lipinski definition) is 1. The summed E-state index contributed by atoms with van der Waals surface area (Å²) in [5.74, 6) is 0. The van der Waals surface area contributed by atoms with Gasteiger partial charge in [0.05, 0.1) is 0 Å². The average Bonchev–Trinajstić information content (AvgIpc) is 1.76. The number of aromatic nitrogens is 2. The second kappa shape index (κ2) is 2.94. The van der Waals surface area contributed by atoms with E-state index in [9.17, 15) is 0 Å². The zero-order valence-corrected chi connectivity index (χ0v) is 4.08. The molecular formula is C3H3FeN2-. The normalized spacial score (nSPS) is 6.67. The second-order valence-electron chi connectivity index (χ2n) is 0.722. The Hall–Kier alpha value is -0.271. The SMILES string of the molecule is [Fe].c1cn[n-]c1. The molecule has 0 saturated carbocycles. The van der Waals surface area contributed by atoms with Crippen molar-refractivity contribution in [2.75, 3.05) is 0 Å². The van der Waals surface area contributed by atoms with E-state index in [1.165, 1.54) is 0 Å². The van der Waals surface area contributed by atoms with E-state index in [2.05, 4.69) is 10.2 Å². The summed E-state index contributed by atoms with van der Waals surface area (Å²) in [5, 5.41) is 6.94. The van der Waals surface area contributed by atoms with Crippen LogP contribution in [0.25, 0.3) is 0 Å². The van der Waals surface area contributed by atoms with Crippen LogP contribution >= 0.6 is 0 Å². The molecule has 6 heavy (non-hydrogen) atoms. The molecule has 34 valence electrons. The molecule has 0 aliphatic rings. The van der Waals surface area contributed by atoms with Crippen molar-refractivity contribution in [3.63, 3.8) is 0 Å². The predicted octanol–water partition coefficient (Wildman–Crippen LogP) is 0.0363. The molecule has 0 radical (unpaired) electrons. The van der Waals surface area contributed by atoms with Crippen LogP contribution in [0.2, 0.25) is 0 Å². The largest absolute Gasteiger partial charge is 0.582 e. The van der Waals surface area contributed by atoms with Gasteiger partial charge < -0.3 is 10.2 Å². The maximum Gasteiger partial charge on any atom is 0.00194 e. The fraction of sp³-hybridized carbons (Fsp3) is 0. The van der Waals surface area contributed by atoms with Gasteiger partial charge in [-0.05, 0) is 0 Å². The Morgan fingerprint density at radius 1 is 1.50 bits per heavy atom. The first-order valence-corrected chi connectivity index (χ1v) is 1.38. The van der Waals surface area contributed by atoms with E-state index in [0.717, 1.165) is 0 Å². The molecule has 0 fully saturated rings. The molecule has 0 saturated heterocycles. The molecule has 3 heteroatoms. The van der Waals surface area contributed by atoms with Gasteiger partial charge in [-0.25, -0.2) is 0 Å². The molecule has 1 rings (SSSR count). The smallest absolute Gasteiger partial charge is 0.00194 e. The van der Waals surface area contributed by atoms with Gasteiger partial charge in [-0.3, -0.25) is 0 Å². The van der Waals surface area contributed by atoms with Gasteiger partial charge in [0.1, 0.15) is 0 Å². The topological polar surface area (TPSA) is 27.0 Å². The predicted molar refractivity (Wildman–Crippen MR) is 17.6 cm³/mol. The molecule has 2 nitrogen and oxygen atoms in total. The molecule has 1 aromatic heterocycles. The summed E-state index contributed by atoms with van der Waals surface area (Å²) in [4.78, 5) is 0. The molecule has 0 bridgehead atoms. The van der Waals surface area contributed by atoms with Crippen molar-refractivity contribution in [3.05, 3.63) is 18.5 Å². The van der Waals surface area contributed by atoms with Crippen LogP contribution in [-0.4, -0.2) is 5.10 Å². The van der Waals surface area contributed by atoms with Crippen LogP contribution in [-0.2, 0) is 17.1 Å². The van der Waals surface area contributed by atoms with Crippen LogP contribution < -0.4 is 5.10 Å². The van der Waals surface area contributed by atoms with Crippen LogP contribution in [0, 0.1) is 0 Å². The van der Waals surface area contributed by atoms with Gasteiger partial charge in [-0.2, -0.15) is 6.20 Å². The van der Waals surface area contributed by atoms with Crippen molar-refractivity contribution >= 4 is 0 Å². The van der Waals surface area contributed by atoms with E-state index in [1.54, 1.807) is 18.5 Å². The third-order valence-electron chi connectivity index (χ3n) is 0.372. The third kappa shape index (κ3) is 1.24. The van der Waals surface area contributed by atoms with Crippen LogP contribution in [0.1, 0.15) is 0 Å². The Balaban J connectivity index is 0.000000250. The molecule has 0 spiro atoms. The minimum atomic E-state index is 0. The molecule has 0 atom stereocenters. The van der Waals surface area contributed by atoms with Crippen molar-refractivity contribution in [3.8, 4) is 0 Å². The molecule has 0 aliphatic heterocycles. The van der Waals surface area contributed by atoms with Crippen LogP contribution in [0.5, 0.6) is 0 Å². The summed E-state index contributed by atoms with van der Waals surface area (Å²) in [6, 6.07) is 1.78. The summed E-state index contributed by atoms with van der Waals surface area (Å²) >= 11 is 0. The monoisotopic (exact) mass is 123 g/mol. The quantitative estimate of drug-likeness (QED) is 0.455. The summed E-state index contributed by atoms with van der Waals surface area (Å²) < 4.78 is 0. The third-order valence-corrected chi connectivity index (χ3v) is 0.372. The summed E-state index contributed by atoms with van der Waals surface area (Å²) in [6.07, 6.45) is 3.28. The first-order valence-electron chi connectivity index (χ1n) is 1.38. The average molecular weight is 123 g/mol.